The van der Waals surface area contributed by atoms with Gasteiger partial charge in [-0.15, -0.1) is 12.4 Å². The lowest BCUT2D eigenvalue weighted by Crippen LogP contribution is -2.30. The van der Waals surface area contributed by atoms with Crippen molar-refractivity contribution in [1.29, 1.82) is 0 Å². The normalized spacial score (nSPS) is 17.7. The summed E-state index contributed by atoms with van der Waals surface area (Å²) in [5.41, 5.74) is 5.54. The van der Waals surface area contributed by atoms with Crippen LogP contribution < -0.4 is 5.73 Å². The highest BCUT2D eigenvalue weighted by Crippen LogP contribution is 2.26. The zero-order valence-corrected chi connectivity index (χ0v) is 13.0. The van der Waals surface area contributed by atoms with Crippen molar-refractivity contribution >= 4 is 39.9 Å². The van der Waals surface area contributed by atoms with Crippen LogP contribution in [0.25, 0.3) is 0 Å². The summed E-state index contributed by atoms with van der Waals surface area (Å²) in [5.74, 6) is -0.00592. The minimum atomic E-state index is -0.533. The molecule has 2 rings (SSSR count). The van der Waals surface area contributed by atoms with E-state index in [1.54, 1.807) is 11.0 Å². The van der Waals surface area contributed by atoms with Gasteiger partial charge in [0.2, 0.25) is 0 Å². The summed E-state index contributed by atoms with van der Waals surface area (Å²) in [4.78, 5) is 24.4. The smallest absolute Gasteiger partial charge is 0.283 e. The Morgan fingerprint density at radius 2 is 2.25 bits per heavy atom. The van der Waals surface area contributed by atoms with Gasteiger partial charge in [0, 0.05) is 23.6 Å². The fourth-order valence-electron chi connectivity index (χ4n) is 2.22. The number of nitrogens with two attached hydrogens (primary N) is 1. The monoisotopic (exact) mass is 363 g/mol. The van der Waals surface area contributed by atoms with Crippen molar-refractivity contribution in [2.45, 2.75) is 6.42 Å². The molecule has 1 aromatic carbocycles. The van der Waals surface area contributed by atoms with Crippen LogP contribution in [0.5, 0.6) is 0 Å². The van der Waals surface area contributed by atoms with Crippen LogP contribution in [-0.2, 0) is 0 Å². The van der Waals surface area contributed by atoms with Crippen LogP contribution in [0, 0.1) is 16.0 Å². The first kappa shape index (κ1) is 16.9. The summed E-state index contributed by atoms with van der Waals surface area (Å²) >= 11 is 3.17. The molecular weight excluding hydrogens is 350 g/mol. The molecule has 1 unspecified atom stereocenters. The predicted octanol–water partition coefficient (Wildman–Crippen LogP) is 2.20. The van der Waals surface area contributed by atoms with Crippen LogP contribution in [0.2, 0.25) is 0 Å². The maximum absolute atomic E-state index is 12.3. The zero-order valence-electron chi connectivity index (χ0n) is 10.6. The molecule has 8 heteroatoms. The molecule has 1 aliphatic rings. The fraction of sp³-hybridized carbons (Fsp3) is 0.417. The third-order valence-electron chi connectivity index (χ3n) is 3.29. The molecule has 20 heavy (non-hydrogen) atoms. The van der Waals surface area contributed by atoms with E-state index in [4.69, 9.17) is 5.73 Å². The molecule has 1 fully saturated rings. The lowest BCUT2D eigenvalue weighted by molar-refractivity contribution is -0.385. The minimum absolute atomic E-state index is 0. The third kappa shape index (κ3) is 3.47. The van der Waals surface area contributed by atoms with E-state index in [0.29, 0.717) is 30.0 Å². The third-order valence-corrected chi connectivity index (χ3v) is 3.79. The maximum atomic E-state index is 12.3. The summed E-state index contributed by atoms with van der Waals surface area (Å²) in [6.45, 7) is 1.71. The van der Waals surface area contributed by atoms with E-state index >= 15 is 0 Å². The van der Waals surface area contributed by atoms with Gasteiger partial charge in [-0.3, -0.25) is 14.9 Å². The van der Waals surface area contributed by atoms with Crippen molar-refractivity contribution < 1.29 is 9.72 Å². The number of benzene rings is 1. The van der Waals surface area contributed by atoms with Gasteiger partial charge in [0.05, 0.1) is 4.92 Å². The van der Waals surface area contributed by atoms with Gasteiger partial charge in [0.15, 0.2) is 0 Å². The van der Waals surface area contributed by atoms with Crippen molar-refractivity contribution in [1.82, 2.24) is 4.90 Å². The molecule has 1 aromatic rings. The van der Waals surface area contributed by atoms with E-state index in [-0.39, 0.29) is 29.6 Å². The van der Waals surface area contributed by atoms with Gasteiger partial charge < -0.3 is 10.6 Å². The molecule has 0 aromatic heterocycles. The van der Waals surface area contributed by atoms with Crippen LogP contribution in [0.4, 0.5) is 5.69 Å². The van der Waals surface area contributed by atoms with Crippen LogP contribution >= 0.6 is 28.3 Å². The van der Waals surface area contributed by atoms with E-state index < -0.39 is 4.92 Å². The molecule has 1 amide bonds. The van der Waals surface area contributed by atoms with E-state index in [9.17, 15) is 14.9 Å². The molecule has 0 radical (unpaired) electrons. The number of likely N-dealkylation sites (tertiary alicyclic amines) is 1. The van der Waals surface area contributed by atoms with Crippen LogP contribution in [0.1, 0.15) is 16.8 Å². The Balaban J connectivity index is 0.00000200. The number of carbonyl (C=O) groups is 1. The molecule has 1 heterocycles. The second kappa shape index (κ2) is 7.01. The molecule has 2 N–H and O–H groups in total. The topological polar surface area (TPSA) is 89.5 Å². The molecule has 6 nitrogen and oxygen atoms in total. The van der Waals surface area contributed by atoms with E-state index in [1.807, 2.05) is 0 Å². The molecule has 110 valence electrons. The predicted molar refractivity (Wildman–Crippen MR) is 81.1 cm³/mol. The summed E-state index contributed by atoms with van der Waals surface area (Å²) in [6.07, 6.45) is 0.854. The van der Waals surface area contributed by atoms with Crippen LogP contribution in [0.15, 0.2) is 22.7 Å². The van der Waals surface area contributed by atoms with Gasteiger partial charge in [0.1, 0.15) is 5.56 Å². The summed E-state index contributed by atoms with van der Waals surface area (Å²) in [6, 6.07) is 4.47. The number of amides is 1. The standard InChI is InChI=1S/C12H14BrN3O3.ClH/c13-9-1-2-10(11(5-9)16(18)19)12(17)15-4-3-8(6-14)7-15;/h1-2,5,8H,3-4,6-7,14H2;1H. The van der Waals surface area contributed by atoms with E-state index in [2.05, 4.69) is 15.9 Å². The van der Waals surface area contributed by atoms with Gasteiger partial charge >= 0.3 is 0 Å². The quantitative estimate of drug-likeness (QED) is 0.657. The number of carbonyl (C=O) groups excluding carboxylic acids is 1. The number of hydrogen-bond donors (Lipinski definition) is 1. The Morgan fingerprint density at radius 3 is 2.80 bits per heavy atom. The van der Waals surface area contributed by atoms with Crippen molar-refractivity contribution in [3.05, 3.63) is 38.3 Å². The molecule has 1 saturated heterocycles. The lowest BCUT2D eigenvalue weighted by atomic mass is 10.1. The summed E-state index contributed by atoms with van der Waals surface area (Å²) in [7, 11) is 0. The van der Waals surface area contributed by atoms with Crippen LogP contribution in [0.3, 0.4) is 0 Å². The average molecular weight is 365 g/mol. The van der Waals surface area contributed by atoms with Crippen LogP contribution in [-0.4, -0.2) is 35.4 Å². The molecule has 0 aliphatic carbocycles. The van der Waals surface area contributed by atoms with Gasteiger partial charge in [-0.25, -0.2) is 0 Å². The minimum Gasteiger partial charge on any atom is -0.338 e. The highest BCUT2D eigenvalue weighted by atomic mass is 79.9. The second-order valence-electron chi connectivity index (χ2n) is 4.56. The fourth-order valence-corrected chi connectivity index (χ4v) is 2.57. The maximum Gasteiger partial charge on any atom is 0.283 e. The molecule has 0 bridgehead atoms. The van der Waals surface area contributed by atoms with Gasteiger partial charge in [-0.1, -0.05) is 15.9 Å². The van der Waals surface area contributed by atoms with Crippen molar-refractivity contribution in [3.63, 3.8) is 0 Å². The first-order chi connectivity index (χ1) is 9.02. The SMILES string of the molecule is Cl.NCC1CCN(C(=O)c2ccc(Br)cc2[N+](=O)[O-])C1. The number of nitro groups is 1. The Bertz CT molecular complexity index is 527. The molecule has 1 aliphatic heterocycles. The molecule has 0 saturated carbocycles. The summed E-state index contributed by atoms with van der Waals surface area (Å²) < 4.78 is 0.581. The van der Waals surface area contributed by atoms with Gasteiger partial charge in [-0.05, 0) is 31.0 Å². The number of nitrogens with zero attached hydrogens (tertiary/aromatic N) is 2. The first-order valence-electron chi connectivity index (χ1n) is 5.96. The van der Waals surface area contributed by atoms with E-state index in [0.717, 1.165) is 6.42 Å². The number of halogens is 2. The number of rotatable bonds is 3. The highest BCUT2D eigenvalue weighted by molar-refractivity contribution is 9.10. The molecule has 1 atom stereocenters. The average Bonchev–Trinajstić information content (AvgIpc) is 2.86. The highest BCUT2D eigenvalue weighted by Gasteiger charge is 2.30. The van der Waals surface area contributed by atoms with Crippen molar-refractivity contribution in [2.24, 2.45) is 11.7 Å². The Labute approximate surface area is 131 Å². The Kier molecular flexibility index (Phi) is 5.91. The Morgan fingerprint density at radius 1 is 1.55 bits per heavy atom. The number of hydrogen-bond acceptors (Lipinski definition) is 4. The van der Waals surface area contributed by atoms with Gasteiger partial charge in [-0.2, -0.15) is 0 Å². The first-order valence-corrected chi connectivity index (χ1v) is 6.75. The molecule has 0 spiro atoms. The zero-order chi connectivity index (χ0) is 14.0. The van der Waals surface area contributed by atoms with E-state index in [1.165, 1.54) is 12.1 Å². The lowest BCUT2D eigenvalue weighted by Gasteiger charge is -2.16. The largest absolute Gasteiger partial charge is 0.338 e. The molecular formula is C12H15BrClN3O3. The Hall–Kier alpha value is -1.18. The summed E-state index contributed by atoms with van der Waals surface area (Å²) in [5, 5.41) is 11.0. The second-order valence-corrected chi connectivity index (χ2v) is 5.48. The van der Waals surface area contributed by atoms with Gasteiger partial charge in [0.25, 0.3) is 11.6 Å². The van der Waals surface area contributed by atoms with Crippen molar-refractivity contribution in [3.8, 4) is 0 Å². The number of nitro benzene ring substituents is 1. The van der Waals surface area contributed by atoms with Crippen molar-refractivity contribution in [2.75, 3.05) is 19.6 Å².